The molecule has 8 nitrogen and oxygen atoms in total. The van der Waals surface area contributed by atoms with Crippen LogP contribution in [0.4, 0.5) is 11.8 Å². The van der Waals surface area contributed by atoms with Crippen molar-refractivity contribution in [3.63, 3.8) is 0 Å². The molecule has 0 saturated carbocycles. The second kappa shape index (κ2) is 5.76. The fourth-order valence-corrected chi connectivity index (χ4v) is 2.69. The van der Waals surface area contributed by atoms with Gasteiger partial charge in [-0.15, -0.1) is 0 Å². The van der Waals surface area contributed by atoms with Gasteiger partial charge in [-0.25, -0.2) is 9.50 Å². The zero-order valence-electron chi connectivity index (χ0n) is 12.6. The number of imidazole rings is 1. The molecular formula is C13H17N7OS. The van der Waals surface area contributed by atoms with Gasteiger partial charge in [-0.1, -0.05) is 11.3 Å². The molecule has 22 heavy (non-hydrogen) atoms. The second-order valence-corrected chi connectivity index (χ2v) is 6.21. The third-order valence-electron chi connectivity index (χ3n) is 2.72. The third kappa shape index (κ3) is 3.25. The molecule has 9 heteroatoms. The number of nitrogen functional groups attached to an aromatic ring is 1. The molecule has 0 amide bonds. The number of ether oxygens (including phenoxy) is 1. The van der Waals surface area contributed by atoms with E-state index < -0.39 is 0 Å². The SMILES string of the molecule is Cc1nn2cc(CNc3cc(OC(C)C)nc(N)n3)nc2s1. The van der Waals surface area contributed by atoms with Crippen LogP contribution in [0.1, 0.15) is 24.5 Å². The molecule has 0 aliphatic heterocycles. The molecule has 0 aromatic carbocycles. The zero-order chi connectivity index (χ0) is 15.7. The first-order valence-electron chi connectivity index (χ1n) is 6.86. The lowest BCUT2D eigenvalue weighted by molar-refractivity contribution is 0.233. The summed E-state index contributed by atoms with van der Waals surface area (Å²) >= 11 is 1.55. The zero-order valence-corrected chi connectivity index (χ0v) is 13.4. The van der Waals surface area contributed by atoms with Gasteiger partial charge < -0.3 is 15.8 Å². The van der Waals surface area contributed by atoms with Crippen molar-refractivity contribution in [2.75, 3.05) is 11.1 Å². The standard InChI is InChI=1S/C13H17N7OS/c1-7(2)21-11-4-10(17-12(14)18-11)15-5-9-6-20-13(16-9)22-8(3)19-20/h4,6-7H,5H2,1-3H3,(H3,14,15,17,18). The van der Waals surface area contributed by atoms with Crippen LogP contribution in [0.15, 0.2) is 12.3 Å². The summed E-state index contributed by atoms with van der Waals surface area (Å²) in [6.45, 7) is 6.33. The Morgan fingerprint density at radius 2 is 2.18 bits per heavy atom. The molecule has 3 aromatic heterocycles. The maximum absolute atomic E-state index is 5.70. The van der Waals surface area contributed by atoms with Crippen molar-refractivity contribution in [3.05, 3.63) is 23.0 Å². The highest BCUT2D eigenvalue weighted by molar-refractivity contribution is 7.16. The Bertz CT molecular complexity index is 763. The van der Waals surface area contributed by atoms with Crippen LogP contribution in [0.5, 0.6) is 5.88 Å². The molecule has 0 spiro atoms. The second-order valence-electron chi connectivity index (χ2n) is 5.05. The lowest BCUT2D eigenvalue weighted by atomic mass is 10.4. The van der Waals surface area contributed by atoms with E-state index in [0.717, 1.165) is 15.7 Å². The highest BCUT2D eigenvalue weighted by Crippen LogP contribution is 2.18. The number of fused-ring (bicyclic) bond motifs is 1. The van der Waals surface area contributed by atoms with E-state index in [0.29, 0.717) is 18.2 Å². The molecule has 3 N–H and O–H groups in total. The Morgan fingerprint density at radius 1 is 1.36 bits per heavy atom. The number of rotatable bonds is 5. The van der Waals surface area contributed by atoms with Crippen LogP contribution in [0, 0.1) is 6.92 Å². The molecule has 0 saturated heterocycles. The van der Waals surface area contributed by atoms with Gasteiger partial charge in [0.05, 0.1) is 24.5 Å². The molecule has 0 aliphatic rings. The number of nitrogens with two attached hydrogens (primary N) is 1. The molecule has 0 aliphatic carbocycles. The first-order valence-corrected chi connectivity index (χ1v) is 7.68. The van der Waals surface area contributed by atoms with Crippen molar-refractivity contribution >= 4 is 28.1 Å². The van der Waals surface area contributed by atoms with Crippen molar-refractivity contribution < 1.29 is 4.74 Å². The van der Waals surface area contributed by atoms with E-state index in [2.05, 4.69) is 25.4 Å². The van der Waals surface area contributed by atoms with E-state index in [1.54, 1.807) is 21.9 Å². The molecule has 0 fully saturated rings. The number of nitrogens with one attached hydrogen (secondary N) is 1. The number of nitrogens with zero attached hydrogens (tertiary/aromatic N) is 5. The summed E-state index contributed by atoms with van der Waals surface area (Å²) in [7, 11) is 0. The largest absolute Gasteiger partial charge is 0.475 e. The number of aromatic nitrogens is 5. The van der Waals surface area contributed by atoms with Gasteiger partial charge in [-0.3, -0.25) is 0 Å². The third-order valence-corrected chi connectivity index (χ3v) is 3.56. The van der Waals surface area contributed by atoms with Crippen LogP contribution < -0.4 is 15.8 Å². The van der Waals surface area contributed by atoms with Gasteiger partial charge in [-0.2, -0.15) is 15.1 Å². The van der Waals surface area contributed by atoms with E-state index in [9.17, 15) is 0 Å². The van der Waals surface area contributed by atoms with Crippen molar-refractivity contribution in [3.8, 4) is 5.88 Å². The topological polar surface area (TPSA) is 103 Å². The highest BCUT2D eigenvalue weighted by atomic mass is 32.1. The van der Waals surface area contributed by atoms with Crippen molar-refractivity contribution in [1.82, 2.24) is 24.6 Å². The predicted octanol–water partition coefficient (Wildman–Crippen LogP) is 1.87. The van der Waals surface area contributed by atoms with Crippen LogP contribution >= 0.6 is 11.3 Å². The smallest absolute Gasteiger partial charge is 0.225 e. The highest BCUT2D eigenvalue weighted by Gasteiger charge is 2.08. The summed E-state index contributed by atoms with van der Waals surface area (Å²) in [6.07, 6.45) is 1.92. The van der Waals surface area contributed by atoms with Crippen molar-refractivity contribution in [1.29, 1.82) is 0 Å². The number of anilines is 2. The summed E-state index contributed by atoms with van der Waals surface area (Å²) in [6, 6.07) is 1.72. The summed E-state index contributed by atoms with van der Waals surface area (Å²) in [5.74, 6) is 1.22. The van der Waals surface area contributed by atoms with Crippen LogP contribution in [0.25, 0.3) is 4.96 Å². The van der Waals surface area contributed by atoms with Gasteiger partial charge in [0, 0.05) is 6.07 Å². The number of aryl methyl sites for hydroxylation is 1. The van der Waals surface area contributed by atoms with Gasteiger partial charge in [0.2, 0.25) is 16.8 Å². The molecule has 0 atom stereocenters. The Morgan fingerprint density at radius 3 is 2.91 bits per heavy atom. The van der Waals surface area contributed by atoms with E-state index >= 15 is 0 Å². The average molecular weight is 319 g/mol. The van der Waals surface area contributed by atoms with Crippen LogP contribution in [-0.2, 0) is 6.54 Å². The fourth-order valence-electron chi connectivity index (χ4n) is 1.95. The normalized spacial score (nSPS) is 11.3. The maximum Gasteiger partial charge on any atom is 0.225 e. The molecular weight excluding hydrogens is 302 g/mol. The minimum atomic E-state index is 0.0244. The molecule has 116 valence electrons. The minimum Gasteiger partial charge on any atom is -0.475 e. The first kappa shape index (κ1) is 14.5. The van der Waals surface area contributed by atoms with E-state index in [4.69, 9.17) is 10.5 Å². The molecule has 3 heterocycles. The van der Waals surface area contributed by atoms with Crippen LogP contribution in [0.3, 0.4) is 0 Å². The molecule has 3 rings (SSSR count). The van der Waals surface area contributed by atoms with Gasteiger partial charge >= 0.3 is 0 Å². The number of hydrogen-bond acceptors (Lipinski definition) is 8. The van der Waals surface area contributed by atoms with E-state index in [-0.39, 0.29) is 12.1 Å². The lowest BCUT2D eigenvalue weighted by Crippen LogP contribution is -2.10. The predicted molar refractivity (Wildman–Crippen MR) is 85.1 cm³/mol. The van der Waals surface area contributed by atoms with E-state index in [1.165, 1.54) is 0 Å². The molecule has 0 bridgehead atoms. The fraction of sp³-hybridized carbons (Fsp3) is 0.385. The van der Waals surface area contributed by atoms with Crippen molar-refractivity contribution in [2.45, 2.75) is 33.4 Å². The summed E-state index contributed by atoms with van der Waals surface area (Å²) in [5.41, 5.74) is 6.57. The lowest BCUT2D eigenvalue weighted by Gasteiger charge is -2.10. The minimum absolute atomic E-state index is 0.0244. The van der Waals surface area contributed by atoms with Gasteiger partial charge in [0.15, 0.2) is 0 Å². The summed E-state index contributed by atoms with van der Waals surface area (Å²) < 4.78 is 7.31. The van der Waals surface area contributed by atoms with Gasteiger partial charge in [-0.05, 0) is 20.8 Å². The Labute approximate surface area is 131 Å². The first-order chi connectivity index (χ1) is 10.5. The monoisotopic (exact) mass is 319 g/mol. The average Bonchev–Trinajstić information content (AvgIpc) is 2.91. The molecule has 0 radical (unpaired) electrons. The van der Waals surface area contributed by atoms with E-state index in [1.807, 2.05) is 27.0 Å². The van der Waals surface area contributed by atoms with Gasteiger partial charge in [0.25, 0.3) is 0 Å². The van der Waals surface area contributed by atoms with Gasteiger partial charge in [0.1, 0.15) is 10.8 Å². The van der Waals surface area contributed by atoms with Crippen LogP contribution in [-0.4, -0.2) is 30.7 Å². The summed E-state index contributed by atoms with van der Waals surface area (Å²) in [4.78, 5) is 13.5. The van der Waals surface area contributed by atoms with Crippen LogP contribution in [0.2, 0.25) is 0 Å². The number of hydrogen-bond donors (Lipinski definition) is 2. The molecule has 0 unspecified atom stereocenters. The Hall–Kier alpha value is -2.42. The Balaban J connectivity index is 1.72. The summed E-state index contributed by atoms with van der Waals surface area (Å²) in [5, 5.41) is 8.49. The maximum atomic E-state index is 5.70. The molecule has 3 aromatic rings. The Kier molecular flexibility index (Phi) is 3.80. The quantitative estimate of drug-likeness (QED) is 0.740. The van der Waals surface area contributed by atoms with Crippen molar-refractivity contribution in [2.24, 2.45) is 0 Å².